The van der Waals surface area contributed by atoms with Crippen LogP contribution in [0, 0.1) is 5.82 Å². The molecule has 6 nitrogen and oxygen atoms in total. The topological polar surface area (TPSA) is 77.9 Å². The van der Waals surface area contributed by atoms with Gasteiger partial charge in [-0.25, -0.2) is 4.39 Å². The Bertz CT molecular complexity index is 1380. The van der Waals surface area contributed by atoms with Gasteiger partial charge in [-0.05, 0) is 60.7 Å². The van der Waals surface area contributed by atoms with Gasteiger partial charge in [-0.2, -0.15) is 0 Å². The zero-order chi connectivity index (χ0) is 27.7. The SMILES string of the molecule is CC(C)c1c(/C=C/[C@@H]2C[C@@H](O)CC(=O)O2)c(-c2ccc(F)cc2)c(OCc2cccnc2)c2c1CC(C)(C)O2. The number of benzene rings is 2. The summed E-state index contributed by atoms with van der Waals surface area (Å²) in [6, 6.07) is 10.1. The van der Waals surface area contributed by atoms with Crippen molar-refractivity contribution in [1.29, 1.82) is 0 Å². The highest BCUT2D eigenvalue weighted by atomic mass is 19.1. The number of pyridine rings is 1. The van der Waals surface area contributed by atoms with E-state index in [1.165, 1.54) is 12.1 Å². The van der Waals surface area contributed by atoms with Gasteiger partial charge in [-0.15, -0.1) is 0 Å². The average Bonchev–Trinajstić information content (AvgIpc) is 3.20. The number of cyclic esters (lactones) is 1. The van der Waals surface area contributed by atoms with Crippen LogP contribution in [0.1, 0.15) is 68.7 Å². The minimum absolute atomic E-state index is 0.0000113. The van der Waals surface area contributed by atoms with E-state index in [9.17, 15) is 14.3 Å². The lowest BCUT2D eigenvalue weighted by atomic mass is 9.83. The molecule has 3 heterocycles. The summed E-state index contributed by atoms with van der Waals surface area (Å²) in [5, 5.41) is 10.1. The predicted octanol–water partition coefficient (Wildman–Crippen LogP) is 6.38. The third kappa shape index (κ3) is 5.83. The second-order valence-electron chi connectivity index (χ2n) is 11.2. The molecule has 39 heavy (non-hydrogen) atoms. The Hall–Kier alpha value is -3.71. The third-order valence-corrected chi connectivity index (χ3v) is 7.06. The molecule has 0 saturated carbocycles. The molecule has 1 fully saturated rings. The smallest absolute Gasteiger partial charge is 0.309 e. The van der Waals surface area contributed by atoms with Gasteiger partial charge in [0.1, 0.15) is 24.1 Å². The van der Waals surface area contributed by atoms with Gasteiger partial charge in [0.2, 0.25) is 0 Å². The fourth-order valence-electron chi connectivity index (χ4n) is 5.46. The monoisotopic (exact) mass is 531 g/mol. The summed E-state index contributed by atoms with van der Waals surface area (Å²) in [4.78, 5) is 16.2. The second-order valence-corrected chi connectivity index (χ2v) is 11.2. The number of nitrogens with zero attached hydrogens (tertiary/aromatic N) is 1. The van der Waals surface area contributed by atoms with Crippen molar-refractivity contribution in [3.8, 4) is 22.6 Å². The Morgan fingerprint density at radius 2 is 2.00 bits per heavy atom. The van der Waals surface area contributed by atoms with Crippen LogP contribution >= 0.6 is 0 Å². The van der Waals surface area contributed by atoms with Crippen LogP contribution in [-0.4, -0.2) is 33.9 Å². The number of esters is 1. The highest BCUT2D eigenvalue weighted by molar-refractivity contribution is 5.87. The van der Waals surface area contributed by atoms with Crippen molar-refractivity contribution in [1.82, 2.24) is 4.98 Å². The zero-order valence-electron chi connectivity index (χ0n) is 22.7. The molecule has 0 unspecified atom stereocenters. The van der Waals surface area contributed by atoms with Crippen molar-refractivity contribution in [2.45, 2.75) is 77.3 Å². The molecule has 1 aromatic heterocycles. The summed E-state index contributed by atoms with van der Waals surface area (Å²) in [6.07, 6.45) is 6.98. The summed E-state index contributed by atoms with van der Waals surface area (Å²) in [7, 11) is 0. The number of aliphatic hydroxyl groups is 1. The average molecular weight is 532 g/mol. The van der Waals surface area contributed by atoms with Crippen molar-refractivity contribution in [2.24, 2.45) is 0 Å². The van der Waals surface area contributed by atoms with E-state index in [1.807, 2.05) is 24.3 Å². The van der Waals surface area contributed by atoms with Crippen LogP contribution < -0.4 is 9.47 Å². The van der Waals surface area contributed by atoms with Crippen LogP contribution in [0.5, 0.6) is 11.5 Å². The minimum Gasteiger partial charge on any atom is -0.484 e. The highest BCUT2D eigenvalue weighted by Gasteiger charge is 2.38. The molecule has 2 atom stereocenters. The lowest BCUT2D eigenvalue weighted by molar-refractivity contribution is -0.156. The van der Waals surface area contributed by atoms with Gasteiger partial charge in [-0.3, -0.25) is 9.78 Å². The number of fused-ring (bicyclic) bond motifs is 1. The molecule has 3 aromatic rings. The number of hydrogen-bond donors (Lipinski definition) is 1. The van der Waals surface area contributed by atoms with Gasteiger partial charge in [-0.1, -0.05) is 38.1 Å². The van der Waals surface area contributed by atoms with Crippen LogP contribution in [0.4, 0.5) is 4.39 Å². The van der Waals surface area contributed by atoms with Crippen LogP contribution in [0.15, 0.2) is 54.9 Å². The van der Waals surface area contributed by atoms with Crippen LogP contribution in [0.3, 0.4) is 0 Å². The first kappa shape index (κ1) is 26.9. The maximum atomic E-state index is 14.0. The van der Waals surface area contributed by atoms with Gasteiger partial charge in [0.15, 0.2) is 11.5 Å². The van der Waals surface area contributed by atoms with E-state index in [2.05, 4.69) is 32.7 Å². The number of aromatic nitrogens is 1. The molecule has 0 amide bonds. The molecule has 0 spiro atoms. The van der Waals surface area contributed by atoms with Crippen molar-refractivity contribution in [3.05, 3.63) is 82.9 Å². The fourth-order valence-corrected chi connectivity index (χ4v) is 5.46. The van der Waals surface area contributed by atoms with E-state index < -0.39 is 23.8 Å². The summed E-state index contributed by atoms with van der Waals surface area (Å²) in [6.45, 7) is 8.64. The van der Waals surface area contributed by atoms with Gasteiger partial charge >= 0.3 is 5.97 Å². The van der Waals surface area contributed by atoms with Gasteiger partial charge < -0.3 is 19.3 Å². The van der Waals surface area contributed by atoms with E-state index in [0.29, 0.717) is 24.3 Å². The number of aliphatic hydroxyl groups excluding tert-OH is 1. The molecule has 1 saturated heterocycles. The summed E-state index contributed by atoms with van der Waals surface area (Å²) < 4.78 is 32.6. The summed E-state index contributed by atoms with van der Waals surface area (Å²) in [5.41, 5.74) is 5.08. The molecule has 0 bridgehead atoms. The standard InChI is InChI=1S/C32H34FNO5/c1-19(2)28-25(12-11-24-14-23(35)15-27(36)38-24)29(21-7-9-22(33)10-8-21)31(30-26(28)16-32(3,4)39-30)37-18-20-6-5-13-34-17-20/h5-13,17,19,23-24,35H,14-16,18H2,1-4H3/b12-11+/t23-,24-/m1/s1. The van der Waals surface area contributed by atoms with Crippen molar-refractivity contribution in [3.63, 3.8) is 0 Å². The van der Waals surface area contributed by atoms with Crippen molar-refractivity contribution in [2.75, 3.05) is 0 Å². The molecule has 2 aliphatic rings. The maximum absolute atomic E-state index is 14.0. The first-order valence-electron chi connectivity index (χ1n) is 13.4. The van der Waals surface area contributed by atoms with Crippen LogP contribution in [0.25, 0.3) is 17.2 Å². The molecule has 2 aromatic carbocycles. The molecular formula is C32H34FNO5. The van der Waals surface area contributed by atoms with Gasteiger partial charge in [0, 0.05) is 41.9 Å². The predicted molar refractivity (Wildman–Crippen MR) is 147 cm³/mol. The molecular weight excluding hydrogens is 497 g/mol. The number of halogens is 1. The largest absolute Gasteiger partial charge is 0.484 e. The Labute approximate surface area is 228 Å². The van der Waals surface area contributed by atoms with E-state index in [0.717, 1.165) is 33.4 Å². The summed E-state index contributed by atoms with van der Waals surface area (Å²) in [5.74, 6) is 0.650. The van der Waals surface area contributed by atoms with E-state index in [4.69, 9.17) is 14.2 Å². The quantitative estimate of drug-likeness (QED) is 0.356. The Morgan fingerprint density at radius 1 is 1.23 bits per heavy atom. The zero-order valence-corrected chi connectivity index (χ0v) is 22.7. The number of hydrogen-bond acceptors (Lipinski definition) is 6. The fraction of sp³-hybridized carbons (Fsp3) is 0.375. The Kier molecular flexibility index (Phi) is 7.45. The number of carbonyl (C=O) groups is 1. The first-order valence-corrected chi connectivity index (χ1v) is 13.4. The molecule has 0 radical (unpaired) electrons. The maximum Gasteiger partial charge on any atom is 0.309 e. The van der Waals surface area contributed by atoms with Crippen molar-refractivity contribution < 1.29 is 28.5 Å². The normalized spacial score (nSPS) is 20.1. The molecule has 2 aliphatic heterocycles. The van der Waals surface area contributed by atoms with Crippen LogP contribution in [0.2, 0.25) is 0 Å². The molecule has 1 N–H and O–H groups in total. The molecule has 204 valence electrons. The molecule has 7 heteroatoms. The lowest BCUT2D eigenvalue weighted by Gasteiger charge is -2.25. The van der Waals surface area contributed by atoms with E-state index >= 15 is 0 Å². The first-order chi connectivity index (χ1) is 18.6. The Balaban J connectivity index is 1.72. The minimum atomic E-state index is -0.741. The van der Waals surface area contributed by atoms with Gasteiger partial charge in [0.05, 0.1) is 12.5 Å². The number of rotatable bonds is 7. The second kappa shape index (κ2) is 10.8. The number of carbonyl (C=O) groups excluding carboxylic acids is 1. The van der Waals surface area contributed by atoms with Crippen LogP contribution in [-0.2, 0) is 22.6 Å². The van der Waals surface area contributed by atoms with Crippen molar-refractivity contribution >= 4 is 12.0 Å². The lowest BCUT2D eigenvalue weighted by Crippen LogP contribution is -2.31. The molecule has 5 rings (SSSR count). The highest BCUT2D eigenvalue weighted by Crippen LogP contribution is 2.53. The van der Waals surface area contributed by atoms with E-state index in [-0.39, 0.29) is 24.8 Å². The van der Waals surface area contributed by atoms with Gasteiger partial charge in [0.25, 0.3) is 0 Å². The third-order valence-electron chi connectivity index (χ3n) is 7.06. The molecule has 0 aliphatic carbocycles. The van der Waals surface area contributed by atoms with E-state index in [1.54, 1.807) is 24.5 Å². The Morgan fingerprint density at radius 3 is 2.67 bits per heavy atom. The summed E-state index contributed by atoms with van der Waals surface area (Å²) >= 11 is 0. The number of ether oxygens (including phenoxy) is 3.